The van der Waals surface area contributed by atoms with E-state index in [1.807, 2.05) is 0 Å². The van der Waals surface area contributed by atoms with Crippen LogP contribution in [0.4, 0.5) is 13.2 Å². The molecule has 1 aromatic rings. The van der Waals surface area contributed by atoms with Crippen molar-refractivity contribution in [3.63, 3.8) is 0 Å². The summed E-state index contributed by atoms with van der Waals surface area (Å²) < 4.78 is 36.0. The molecule has 0 saturated carbocycles. The minimum Gasteiger partial charge on any atom is -0.478 e. The number of hydrogen-bond acceptors (Lipinski definition) is 1. The molecule has 0 heterocycles. The Hall–Kier alpha value is -1.78. The fraction of sp³-hybridized carbons (Fsp3) is 0.100. The van der Waals surface area contributed by atoms with Crippen molar-refractivity contribution in [3.05, 3.63) is 42.0 Å². The van der Waals surface area contributed by atoms with Crippen LogP contribution in [0.15, 0.2) is 36.4 Å². The summed E-state index contributed by atoms with van der Waals surface area (Å²) in [7, 11) is 0. The summed E-state index contributed by atoms with van der Waals surface area (Å²) in [6, 6.07) is 7.17. The largest absolute Gasteiger partial charge is 0.478 e. The van der Waals surface area contributed by atoms with Gasteiger partial charge in [-0.05, 0) is 5.56 Å². The standard InChI is InChI=1S/C10H7F3O2/c11-10(12,13)6-8(9(14)15)7-4-2-1-3-5-7/h1-6H,(H,14,15). The van der Waals surface area contributed by atoms with E-state index in [0.29, 0.717) is 0 Å². The Balaban J connectivity index is 3.16. The van der Waals surface area contributed by atoms with Gasteiger partial charge in [0, 0.05) is 6.08 Å². The molecule has 1 aromatic carbocycles. The smallest absolute Gasteiger partial charge is 0.410 e. The molecule has 1 rings (SSSR count). The van der Waals surface area contributed by atoms with Crippen LogP contribution in [0, 0.1) is 0 Å². The normalized spacial score (nSPS) is 12.6. The maximum absolute atomic E-state index is 12.0. The summed E-state index contributed by atoms with van der Waals surface area (Å²) in [6.07, 6.45) is -4.85. The second-order valence-corrected chi connectivity index (χ2v) is 2.77. The van der Waals surface area contributed by atoms with Crippen molar-refractivity contribution >= 4 is 11.5 Å². The fourth-order valence-corrected chi connectivity index (χ4v) is 1.05. The Kier molecular flexibility index (Phi) is 3.14. The molecule has 0 aromatic heterocycles. The quantitative estimate of drug-likeness (QED) is 0.771. The van der Waals surface area contributed by atoms with E-state index in [4.69, 9.17) is 5.11 Å². The van der Waals surface area contributed by atoms with E-state index in [-0.39, 0.29) is 11.6 Å². The third-order valence-electron chi connectivity index (χ3n) is 1.62. The van der Waals surface area contributed by atoms with Gasteiger partial charge < -0.3 is 5.11 Å². The van der Waals surface area contributed by atoms with E-state index in [1.54, 1.807) is 6.07 Å². The minimum atomic E-state index is -4.64. The number of carbonyl (C=O) groups is 1. The van der Waals surface area contributed by atoms with Gasteiger partial charge in [-0.3, -0.25) is 0 Å². The molecule has 0 unspecified atom stereocenters. The first-order chi connectivity index (χ1) is 6.90. The lowest BCUT2D eigenvalue weighted by atomic mass is 10.1. The van der Waals surface area contributed by atoms with Crippen molar-refractivity contribution in [2.24, 2.45) is 0 Å². The first kappa shape index (κ1) is 11.3. The zero-order valence-electron chi connectivity index (χ0n) is 7.45. The molecule has 0 aliphatic carbocycles. The van der Waals surface area contributed by atoms with Crippen LogP contribution in [0.25, 0.3) is 5.57 Å². The third-order valence-corrected chi connectivity index (χ3v) is 1.62. The Labute approximate surface area is 83.7 Å². The van der Waals surface area contributed by atoms with Crippen LogP contribution in [0.3, 0.4) is 0 Å². The number of carboxylic acids is 1. The molecular weight excluding hydrogens is 209 g/mol. The lowest BCUT2D eigenvalue weighted by Crippen LogP contribution is -2.08. The van der Waals surface area contributed by atoms with Gasteiger partial charge in [0.15, 0.2) is 0 Å². The van der Waals surface area contributed by atoms with Crippen molar-refractivity contribution in [3.8, 4) is 0 Å². The number of allylic oxidation sites excluding steroid dienone is 1. The summed E-state index contributed by atoms with van der Waals surface area (Å²) in [6.45, 7) is 0. The molecule has 2 nitrogen and oxygen atoms in total. The zero-order valence-corrected chi connectivity index (χ0v) is 7.45. The highest BCUT2D eigenvalue weighted by molar-refractivity contribution is 6.15. The summed E-state index contributed by atoms with van der Waals surface area (Å²) in [5.41, 5.74) is -0.731. The van der Waals surface area contributed by atoms with Crippen LogP contribution >= 0.6 is 0 Å². The number of alkyl halides is 3. The summed E-state index contributed by atoms with van der Waals surface area (Å²) in [5, 5.41) is 8.62. The number of rotatable bonds is 2. The lowest BCUT2D eigenvalue weighted by Gasteiger charge is -2.04. The van der Waals surface area contributed by atoms with Gasteiger partial charge in [0.2, 0.25) is 0 Å². The number of halogens is 3. The molecule has 0 saturated heterocycles. The van der Waals surface area contributed by atoms with Gasteiger partial charge >= 0.3 is 12.1 Å². The molecular formula is C10H7F3O2. The van der Waals surface area contributed by atoms with Gasteiger partial charge in [-0.25, -0.2) is 4.79 Å². The Morgan fingerprint density at radius 3 is 2.13 bits per heavy atom. The average molecular weight is 216 g/mol. The maximum Gasteiger partial charge on any atom is 0.410 e. The molecule has 0 amide bonds. The minimum absolute atomic E-state index is 0.0299. The van der Waals surface area contributed by atoms with Crippen LogP contribution in [0.5, 0.6) is 0 Å². The van der Waals surface area contributed by atoms with Crippen molar-refractivity contribution in [1.82, 2.24) is 0 Å². The molecule has 1 N–H and O–H groups in total. The predicted molar refractivity (Wildman–Crippen MR) is 48.1 cm³/mol. The van der Waals surface area contributed by atoms with Gasteiger partial charge in [0.05, 0.1) is 5.57 Å². The van der Waals surface area contributed by atoms with Gasteiger partial charge in [-0.15, -0.1) is 0 Å². The van der Waals surface area contributed by atoms with Gasteiger partial charge in [0.1, 0.15) is 0 Å². The monoisotopic (exact) mass is 216 g/mol. The average Bonchev–Trinajstić information content (AvgIpc) is 2.14. The fourth-order valence-electron chi connectivity index (χ4n) is 1.05. The highest BCUT2D eigenvalue weighted by Gasteiger charge is 2.27. The molecule has 0 spiro atoms. The summed E-state index contributed by atoms with van der Waals surface area (Å²) in [4.78, 5) is 10.6. The number of benzene rings is 1. The molecule has 0 atom stereocenters. The van der Waals surface area contributed by atoms with Crippen LogP contribution in [-0.4, -0.2) is 17.3 Å². The van der Waals surface area contributed by atoms with Gasteiger partial charge in [0.25, 0.3) is 0 Å². The summed E-state index contributed by atoms with van der Waals surface area (Å²) >= 11 is 0. The molecule has 15 heavy (non-hydrogen) atoms. The highest BCUT2D eigenvalue weighted by atomic mass is 19.4. The Bertz CT molecular complexity index is 379. The number of aliphatic carboxylic acids is 1. The van der Waals surface area contributed by atoms with Crippen LogP contribution in [-0.2, 0) is 4.79 Å². The van der Waals surface area contributed by atoms with E-state index in [1.165, 1.54) is 24.3 Å². The van der Waals surface area contributed by atoms with E-state index in [2.05, 4.69) is 0 Å². The van der Waals surface area contributed by atoms with Crippen molar-refractivity contribution < 1.29 is 23.1 Å². The van der Waals surface area contributed by atoms with Crippen LogP contribution in [0.2, 0.25) is 0 Å². The molecule has 0 aliphatic rings. The first-order valence-corrected chi connectivity index (χ1v) is 3.98. The maximum atomic E-state index is 12.0. The molecule has 5 heteroatoms. The van der Waals surface area contributed by atoms with E-state index >= 15 is 0 Å². The van der Waals surface area contributed by atoms with Crippen molar-refractivity contribution in [1.29, 1.82) is 0 Å². The third kappa shape index (κ3) is 3.46. The topological polar surface area (TPSA) is 37.3 Å². The van der Waals surface area contributed by atoms with E-state index in [9.17, 15) is 18.0 Å². The van der Waals surface area contributed by atoms with Crippen LogP contribution in [0.1, 0.15) is 5.56 Å². The van der Waals surface area contributed by atoms with Crippen molar-refractivity contribution in [2.75, 3.05) is 0 Å². The lowest BCUT2D eigenvalue weighted by molar-refractivity contribution is -0.130. The van der Waals surface area contributed by atoms with Crippen molar-refractivity contribution in [2.45, 2.75) is 6.18 Å². The highest BCUT2D eigenvalue weighted by Crippen LogP contribution is 2.24. The SMILES string of the molecule is O=C(O)C(=CC(F)(F)F)c1ccccc1. The van der Waals surface area contributed by atoms with Gasteiger partial charge in [-0.2, -0.15) is 13.2 Å². The predicted octanol–water partition coefficient (Wildman–Crippen LogP) is 2.72. The first-order valence-electron chi connectivity index (χ1n) is 3.98. The summed E-state index contributed by atoms with van der Waals surface area (Å²) in [5.74, 6) is -1.60. The Morgan fingerprint density at radius 1 is 1.20 bits per heavy atom. The molecule has 80 valence electrons. The second kappa shape index (κ2) is 4.16. The van der Waals surface area contributed by atoms with E-state index in [0.717, 1.165) is 0 Å². The van der Waals surface area contributed by atoms with E-state index < -0.39 is 17.7 Å². The molecule has 0 fully saturated rings. The number of hydrogen-bond donors (Lipinski definition) is 1. The molecule has 0 aliphatic heterocycles. The second-order valence-electron chi connectivity index (χ2n) is 2.77. The van der Waals surface area contributed by atoms with Gasteiger partial charge in [-0.1, -0.05) is 30.3 Å². The zero-order chi connectivity index (χ0) is 11.5. The Morgan fingerprint density at radius 2 is 1.73 bits per heavy atom. The van der Waals surface area contributed by atoms with Crippen LogP contribution < -0.4 is 0 Å². The number of carboxylic acid groups (broad SMARTS) is 1. The molecule has 0 radical (unpaired) electrons. The molecule has 0 bridgehead atoms.